The first-order valence-electron chi connectivity index (χ1n) is 10.1. The molecule has 1 N–H and O–H groups in total. The number of amides is 1. The van der Waals surface area contributed by atoms with Crippen molar-refractivity contribution in [2.75, 3.05) is 10.2 Å². The van der Waals surface area contributed by atoms with Crippen LogP contribution in [-0.2, 0) is 9.59 Å². The molecule has 150 valence electrons. The second-order valence-electron chi connectivity index (χ2n) is 7.78. The Labute approximate surface area is 175 Å². The fraction of sp³-hybridized carbons (Fsp3) is 0.200. The SMILES string of the molecule is CC(=O)N1c2ccccc2NC2=C(C(=O)C[C@@H](c3ccccc3)C2)[C@@H]1c1ccco1. The monoisotopic (exact) mass is 398 g/mol. The van der Waals surface area contributed by atoms with Gasteiger partial charge < -0.3 is 9.73 Å². The van der Waals surface area contributed by atoms with E-state index in [1.54, 1.807) is 17.2 Å². The molecule has 5 rings (SSSR count). The van der Waals surface area contributed by atoms with Crippen molar-refractivity contribution in [3.63, 3.8) is 0 Å². The maximum Gasteiger partial charge on any atom is 0.224 e. The number of nitrogens with zero attached hydrogens (tertiary/aromatic N) is 1. The molecule has 2 atom stereocenters. The molecular formula is C25H22N2O3. The minimum Gasteiger partial charge on any atom is -0.467 e. The molecule has 1 aromatic heterocycles. The maximum atomic E-state index is 13.5. The zero-order valence-electron chi connectivity index (χ0n) is 16.7. The molecule has 30 heavy (non-hydrogen) atoms. The number of nitrogens with one attached hydrogen (secondary N) is 1. The molecule has 5 nitrogen and oxygen atoms in total. The Morgan fingerprint density at radius 2 is 1.77 bits per heavy atom. The Bertz CT molecular complexity index is 1130. The van der Waals surface area contributed by atoms with Crippen LogP contribution in [0.15, 0.2) is 88.7 Å². The van der Waals surface area contributed by atoms with Gasteiger partial charge in [-0.05, 0) is 42.2 Å². The van der Waals surface area contributed by atoms with Gasteiger partial charge in [0, 0.05) is 24.6 Å². The number of carbonyl (C=O) groups excluding carboxylic acids is 2. The first kappa shape index (κ1) is 18.4. The van der Waals surface area contributed by atoms with Gasteiger partial charge in [-0.1, -0.05) is 42.5 Å². The van der Waals surface area contributed by atoms with Gasteiger partial charge in [-0.25, -0.2) is 0 Å². The van der Waals surface area contributed by atoms with Gasteiger partial charge >= 0.3 is 0 Å². The van der Waals surface area contributed by atoms with E-state index >= 15 is 0 Å². The normalized spacial score (nSPS) is 20.8. The quantitative estimate of drug-likeness (QED) is 0.644. The fourth-order valence-corrected chi connectivity index (χ4v) is 4.62. The van der Waals surface area contributed by atoms with Crippen LogP contribution in [0.4, 0.5) is 11.4 Å². The predicted octanol–water partition coefficient (Wildman–Crippen LogP) is 5.20. The number of Topliss-reactive ketones (excluding diaryl/α,β-unsaturated/α-hetero) is 1. The van der Waals surface area contributed by atoms with E-state index in [2.05, 4.69) is 17.4 Å². The van der Waals surface area contributed by atoms with E-state index in [4.69, 9.17) is 4.42 Å². The van der Waals surface area contributed by atoms with Crippen molar-refractivity contribution < 1.29 is 14.0 Å². The second-order valence-corrected chi connectivity index (χ2v) is 7.78. The van der Waals surface area contributed by atoms with Gasteiger partial charge in [-0.15, -0.1) is 0 Å². The van der Waals surface area contributed by atoms with E-state index in [-0.39, 0.29) is 17.6 Å². The van der Waals surface area contributed by atoms with Gasteiger partial charge in [-0.3, -0.25) is 14.5 Å². The molecule has 1 aliphatic heterocycles. The molecule has 0 unspecified atom stereocenters. The van der Waals surface area contributed by atoms with Crippen LogP contribution in [-0.4, -0.2) is 11.7 Å². The average molecular weight is 398 g/mol. The first-order valence-corrected chi connectivity index (χ1v) is 10.1. The molecule has 0 fully saturated rings. The van der Waals surface area contributed by atoms with E-state index in [0.29, 0.717) is 24.2 Å². The molecule has 0 bridgehead atoms. The molecule has 2 aromatic carbocycles. The van der Waals surface area contributed by atoms with Crippen molar-refractivity contribution in [3.8, 4) is 0 Å². The van der Waals surface area contributed by atoms with E-state index in [1.165, 1.54) is 6.92 Å². The predicted molar refractivity (Wildman–Crippen MR) is 115 cm³/mol. The van der Waals surface area contributed by atoms with Crippen molar-refractivity contribution in [1.82, 2.24) is 0 Å². The van der Waals surface area contributed by atoms with E-state index in [9.17, 15) is 9.59 Å². The van der Waals surface area contributed by atoms with Gasteiger partial charge in [0.25, 0.3) is 0 Å². The lowest BCUT2D eigenvalue weighted by molar-refractivity contribution is -0.117. The summed E-state index contributed by atoms with van der Waals surface area (Å²) in [5, 5.41) is 3.49. The Morgan fingerprint density at radius 1 is 1.00 bits per heavy atom. The lowest BCUT2D eigenvalue weighted by Gasteiger charge is -2.33. The highest BCUT2D eigenvalue weighted by molar-refractivity contribution is 6.05. The van der Waals surface area contributed by atoms with Crippen molar-refractivity contribution in [1.29, 1.82) is 0 Å². The summed E-state index contributed by atoms with van der Waals surface area (Å²) >= 11 is 0. The number of ketones is 1. The lowest BCUT2D eigenvalue weighted by Crippen LogP contribution is -2.37. The van der Waals surface area contributed by atoms with Crippen LogP contribution in [0, 0.1) is 0 Å². The van der Waals surface area contributed by atoms with E-state index in [0.717, 1.165) is 22.6 Å². The standard InChI is InChI=1S/C25H22N2O3/c1-16(28)27-21-11-6-5-10-19(21)26-20-14-18(17-8-3-2-4-9-17)15-22(29)24(20)25(27)23-12-7-13-30-23/h2-13,18,25-26H,14-15H2,1H3/t18-,25-/m0/s1. The van der Waals surface area contributed by atoms with Crippen LogP contribution in [0.5, 0.6) is 0 Å². The third kappa shape index (κ3) is 3.03. The average Bonchev–Trinajstić information content (AvgIpc) is 3.23. The molecule has 2 heterocycles. The summed E-state index contributed by atoms with van der Waals surface area (Å²) in [7, 11) is 0. The van der Waals surface area contributed by atoms with Gasteiger partial charge in [0.15, 0.2) is 5.78 Å². The number of carbonyl (C=O) groups is 2. The van der Waals surface area contributed by atoms with E-state index in [1.807, 2.05) is 48.5 Å². The van der Waals surface area contributed by atoms with Crippen LogP contribution < -0.4 is 10.2 Å². The van der Waals surface area contributed by atoms with Crippen LogP contribution >= 0.6 is 0 Å². The van der Waals surface area contributed by atoms with Crippen molar-refractivity contribution in [2.24, 2.45) is 0 Å². The minimum atomic E-state index is -0.590. The van der Waals surface area contributed by atoms with Gasteiger partial charge in [0.05, 0.1) is 17.6 Å². The summed E-state index contributed by atoms with van der Waals surface area (Å²) in [6.07, 6.45) is 2.68. The Hall–Kier alpha value is -3.60. The van der Waals surface area contributed by atoms with Crippen LogP contribution in [0.25, 0.3) is 0 Å². The largest absolute Gasteiger partial charge is 0.467 e. The lowest BCUT2D eigenvalue weighted by atomic mass is 9.79. The molecule has 1 amide bonds. The summed E-state index contributed by atoms with van der Waals surface area (Å²) in [5.41, 5.74) is 4.18. The number of para-hydroxylation sites is 2. The first-order chi connectivity index (χ1) is 14.6. The highest BCUT2D eigenvalue weighted by Gasteiger charge is 2.41. The van der Waals surface area contributed by atoms with Crippen LogP contribution in [0.2, 0.25) is 0 Å². The molecule has 5 heteroatoms. The Kier molecular flexibility index (Phi) is 4.51. The number of anilines is 2. The molecule has 1 aliphatic carbocycles. The number of hydrogen-bond acceptors (Lipinski definition) is 4. The highest BCUT2D eigenvalue weighted by Crippen LogP contribution is 2.47. The number of benzene rings is 2. The van der Waals surface area contributed by atoms with Gasteiger partial charge in [0.2, 0.25) is 5.91 Å². The molecule has 0 spiro atoms. The number of rotatable bonds is 2. The van der Waals surface area contributed by atoms with Crippen molar-refractivity contribution in [3.05, 3.63) is 95.6 Å². The van der Waals surface area contributed by atoms with Crippen molar-refractivity contribution in [2.45, 2.75) is 31.7 Å². The third-order valence-electron chi connectivity index (χ3n) is 5.91. The minimum absolute atomic E-state index is 0.0399. The summed E-state index contributed by atoms with van der Waals surface area (Å²) in [4.78, 5) is 28.0. The molecule has 2 aliphatic rings. The zero-order chi connectivity index (χ0) is 20.7. The molecule has 0 radical (unpaired) electrons. The summed E-state index contributed by atoms with van der Waals surface area (Å²) in [6, 6.07) is 20.8. The topological polar surface area (TPSA) is 62.6 Å². The molecular weight excluding hydrogens is 376 g/mol. The van der Waals surface area contributed by atoms with Crippen molar-refractivity contribution >= 4 is 23.1 Å². The second kappa shape index (κ2) is 7.34. The fourth-order valence-electron chi connectivity index (χ4n) is 4.62. The summed E-state index contributed by atoms with van der Waals surface area (Å²) < 4.78 is 5.72. The summed E-state index contributed by atoms with van der Waals surface area (Å²) in [5.74, 6) is 0.580. The third-order valence-corrected chi connectivity index (χ3v) is 5.91. The van der Waals surface area contributed by atoms with Gasteiger partial charge in [0.1, 0.15) is 11.8 Å². The number of furan rings is 1. The number of allylic oxidation sites excluding steroid dienone is 1. The molecule has 0 saturated carbocycles. The Morgan fingerprint density at radius 3 is 2.50 bits per heavy atom. The van der Waals surface area contributed by atoms with Crippen LogP contribution in [0.3, 0.4) is 0 Å². The van der Waals surface area contributed by atoms with Gasteiger partial charge in [-0.2, -0.15) is 0 Å². The van der Waals surface area contributed by atoms with Crippen LogP contribution in [0.1, 0.15) is 43.0 Å². The molecule has 3 aromatic rings. The number of fused-ring (bicyclic) bond motifs is 1. The number of hydrogen-bond donors (Lipinski definition) is 1. The summed E-state index contributed by atoms with van der Waals surface area (Å²) in [6.45, 7) is 1.53. The molecule has 0 saturated heterocycles. The maximum absolute atomic E-state index is 13.5. The van der Waals surface area contributed by atoms with E-state index < -0.39 is 6.04 Å². The Balaban J connectivity index is 1.69. The smallest absolute Gasteiger partial charge is 0.224 e. The zero-order valence-corrected chi connectivity index (χ0v) is 16.7. The highest BCUT2D eigenvalue weighted by atomic mass is 16.3.